The predicted octanol–water partition coefficient (Wildman–Crippen LogP) is 14.3. The monoisotopic (exact) mass is 823 g/mol. The molecule has 0 fully saturated rings. The first-order valence-electron chi connectivity index (χ1n) is 23.0. The molecule has 0 saturated heterocycles. The molecule has 0 spiro atoms. The second-order valence-electron chi connectivity index (χ2n) is 20.0. The lowest BCUT2D eigenvalue weighted by Gasteiger charge is -2.43. The van der Waals surface area contributed by atoms with E-state index in [2.05, 4.69) is 183 Å². The first kappa shape index (κ1) is 34.5. The second kappa shape index (κ2) is 11.2. The topological polar surface area (TPSA) is 52.0 Å². The molecule has 11 aromatic rings. The van der Waals surface area contributed by atoms with E-state index >= 15 is 0 Å². The molecule has 7 aliphatic rings. The molecule has 3 heteroatoms. The van der Waals surface area contributed by atoms with Crippen molar-refractivity contribution in [1.29, 1.82) is 10.5 Å². The first-order chi connectivity index (χ1) is 31.9. The minimum absolute atomic E-state index is 0.0259. The summed E-state index contributed by atoms with van der Waals surface area (Å²) in [5.74, 6) is -0.145. The summed E-state index contributed by atoms with van der Waals surface area (Å²) in [4.78, 5) is 0. The fraction of sp³-hybridized carbons (Fsp3) is 0.129. The molecule has 0 unspecified atom stereocenters. The Kier molecular flexibility index (Phi) is 5.95. The average molecular weight is 824 g/mol. The number of nitriles is 2. The van der Waals surface area contributed by atoms with Gasteiger partial charge in [0.1, 0.15) is 0 Å². The van der Waals surface area contributed by atoms with Gasteiger partial charge in [0, 0.05) is 50.6 Å². The Bertz CT molecular complexity index is 4120. The zero-order valence-corrected chi connectivity index (χ0v) is 36.0. The van der Waals surface area contributed by atoms with E-state index in [-0.39, 0.29) is 29.1 Å². The smallest absolute Gasteiger partial charge is 0.0995 e. The maximum absolute atomic E-state index is 11.4. The van der Waals surface area contributed by atoms with Crippen molar-refractivity contribution in [2.75, 3.05) is 0 Å². The van der Waals surface area contributed by atoms with Crippen LogP contribution in [0.25, 0.3) is 60.0 Å². The van der Waals surface area contributed by atoms with Crippen LogP contribution in [0.4, 0.5) is 0 Å². The second-order valence-corrected chi connectivity index (χ2v) is 20.0. The van der Waals surface area contributed by atoms with Crippen molar-refractivity contribution in [2.24, 2.45) is 0 Å². The molecule has 65 heavy (non-hydrogen) atoms. The van der Waals surface area contributed by atoms with Crippen LogP contribution in [0.15, 0.2) is 146 Å². The zero-order valence-electron chi connectivity index (χ0n) is 36.0. The van der Waals surface area contributed by atoms with E-state index in [1.807, 2.05) is 0 Å². The molecule has 0 radical (unpaired) electrons. The summed E-state index contributed by atoms with van der Waals surface area (Å²) < 4.78 is 2.50. The number of aromatic nitrogens is 1. The van der Waals surface area contributed by atoms with E-state index in [0.29, 0.717) is 0 Å². The standard InChI is InChI=1S/C62H37N3/c1-30-24-45-50(34-15-5-4-14-33(30)34)43-27-44-55-46(25-31(28-63)48-51-35-16-6-10-20-39(35)53(57(48)55)40-21-11-7-17-36(40)51)65-47-26-32(29-64)49-52-37-18-8-12-22-41(37)54(42-23-13-9-19-38(42)52)58(49)56(47)59(61(44)65)60(43)62(45,2)3/h4-27,51-54H,1-3H3. The normalized spacial score (nSPS) is 19.4. The van der Waals surface area contributed by atoms with Crippen LogP contribution in [-0.2, 0) is 5.41 Å². The highest BCUT2D eigenvalue weighted by atomic mass is 14.9. The Labute approximate surface area is 375 Å². The van der Waals surface area contributed by atoms with Gasteiger partial charge in [0.25, 0.3) is 0 Å². The average Bonchev–Trinajstić information content (AvgIpc) is 3.94. The predicted molar refractivity (Wildman–Crippen MR) is 260 cm³/mol. The molecule has 300 valence electrons. The summed E-state index contributed by atoms with van der Waals surface area (Å²) >= 11 is 0. The lowest BCUT2D eigenvalue weighted by molar-refractivity contribution is 0.666. The van der Waals surface area contributed by atoms with E-state index < -0.39 is 0 Å². The molecular formula is C62H37N3. The molecule has 0 amide bonds. The maximum atomic E-state index is 11.4. The van der Waals surface area contributed by atoms with Crippen LogP contribution in [0.1, 0.15) is 132 Å². The van der Waals surface area contributed by atoms with E-state index in [4.69, 9.17) is 0 Å². The number of hydrogen-bond acceptors (Lipinski definition) is 2. The number of nitrogens with zero attached hydrogens (tertiary/aromatic N) is 3. The summed E-state index contributed by atoms with van der Waals surface area (Å²) in [5, 5.41) is 30.4. The quantitative estimate of drug-likeness (QED) is 0.153. The molecule has 2 aromatic heterocycles. The molecular weight excluding hydrogens is 787 g/mol. The van der Waals surface area contributed by atoms with E-state index in [0.717, 1.165) is 33.3 Å². The van der Waals surface area contributed by atoms with Crippen LogP contribution in [0.2, 0.25) is 0 Å². The lowest BCUT2D eigenvalue weighted by Crippen LogP contribution is -2.29. The maximum Gasteiger partial charge on any atom is 0.0995 e. The van der Waals surface area contributed by atoms with Crippen LogP contribution in [0.5, 0.6) is 0 Å². The molecule has 0 aliphatic heterocycles. The molecule has 9 aromatic carbocycles. The highest BCUT2D eigenvalue weighted by Crippen LogP contribution is 2.65. The van der Waals surface area contributed by atoms with Gasteiger partial charge in [0.2, 0.25) is 0 Å². The van der Waals surface area contributed by atoms with Gasteiger partial charge in [0.05, 0.1) is 39.8 Å². The summed E-state index contributed by atoms with van der Waals surface area (Å²) in [6.07, 6.45) is 0. The van der Waals surface area contributed by atoms with Crippen molar-refractivity contribution in [3.05, 3.63) is 240 Å². The number of rotatable bonds is 0. The molecule has 7 aliphatic carbocycles. The summed E-state index contributed by atoms with van der Waals surface area (Å²) in [6.45, 7) is 7.15. The Morgan fingerprint density at radius 1 is 0.462 bits per heavy atom. The van der Waals surface area contributed by atoms with Crippen molar-refractivity contribution in [1.82, 2.24) is 4.40 Å². The van der Waals surface area contributed by atoms with Crippen molar-refractivity contribution < 1.29 is 0 Å². The SMILES string of the molecule is Cc1cc2c(c3ccccc13)-c1cc3c4c5c(c(C#N)cc4n4c6cc(C#N)c7c(c6c(c1C2(C)C)c34)C1c2ccccc2C7c2ccccc21)C1c2ccccc2C5c2ccccc21. The fourth-order valence-corrected chi connectivity index (χ4v) is 14.8. The highest BCUT2D eigenvalue weighted by Gasteiger charge is 2.49. The van der Waals surface area contributed by atoms with Crippen molar-refractivity contribution in [3.63, 3.8) is 0 Å². The summed E-state index contributed by atoms with van der Waals surface area (Å²) in [7, 11) is 0. The minimum atomic E-state index is -0.343. The third kappa shape index (κ3) is 3.67. The van der Waals surface area contributed by atoms with Gasteiger partial charge in [-0.2, -0.15) is 10.5 Å². The number of aryl methyl sites for hydroxylation is 1. The van der Waals surface area contributed by atoms with Gasteiger partial charge in [-0.15, -0.1) is 0 Å². The van der Waals surface area contributed by atoms with Gasteiger partial charge in [-0.1, -0.05) is 141 Å². The third-order valence-corrected chi connectivity index (χ3v) is 17.0. The highest BCUT2D eigenvalue weighted by molar-refractivity contribution is 6.29. The van der Waals surface area contributed by atoms with Gasteiger partial charge in [-0.3, -0.25) is 0 Å². The van der Waals surface area contributed by atoms with Crippen LogP contribution in [0.3, 0.4) is 0 Å². The van der Waals surface area contributed by atoms with Crippen LogP contribution in [-0.4, -0.2) is 4.40 Å². The number of fused-ring (bicyclic) bond motifs is 12. The van der Waals surface area contributed by atoms with Crippen LogP contribution < -0.4 is 0 Å². The Morgan fingerprint density at radius 3 is 1.35 bits per heavy atom. The first-order valence-corrected chi connectivity index (χ1v) is 23.0. The largest absolute Gasteiger partial charge is 0.308 e. The summed E-state index contributed by atoms with van der Waals surface area (Å²) in [6, 6.07) is 59.8. The van der Waals surface area contributed by atoms with Gasteiger partial charge in [-0.25, -0.2) is 0 Å². The molecule has 0 atom stereocenters. The van der Waals surface area contributed by atoms with Crippen molar-refractivity contribution in [2.45, 2.75) is 49.9 Å². The third-order valence-electron chi connectivity index (χ3n) is 17.0. The molecule has 0 N–H and O–H groups in total. The number of hydrogen-bond donors (Lipinski definition) is 0. The van der Waals surface area contributed by atoms with E-state index in [1.54, 1.807) is 0 Å². The van der Waals surface area contributed by atoms with E-state index in [1.165, 1.54) is 121 Å². The molecule has 2 heterocycles. The van der Waals surface area contributed by atoms with Crippen LogP contribution >= 0.6 is 0 Å². The fourth-order valence-electron chi connectivity index (χ4n) is 14.8. The minimum Gasteiger partial charge on any atom is -0.308 e. The molecule has 4 bridgehead atoms. The molecule has 3 nitrogen and oxygen atoms in total. The zero-order chi connectivity index (χ0) is 42.9. The lowest BCUT2D eigenvalue weighted by atomic mass is 9.59. The molecule has 0 saturated carbocycles. The van der Waals surface area contributed by atoms with Gasteiger partial charge >= 0.3 is 0 Å². The van der Waals surface area contributed by atoms with Gasteiger partial charge in [-0.05, 0) is 130 Å². The summed E-state index contributed by atoms with van der Waals surface area (Å²) in [5.41, 5.74) is 26.5. The van der Waals surface area contributed by atoms with Gasteiger partial charge < -0.3 is 4.40 Å². The van der Waals surface area contributed by atoms with Gasteiger partial charge in [0.15, 0.2) is 0 Å². The van der Waals surface area contributed by atoms with Crippen LogP contribution in [0, 0.1) is 29.6 Å². The molecule has 18 rings (SSSR count). The Hall–Kier alpha value is -7.98. The van der Waals surface area contributed by atoms with Crippen molar-refractivity contribution >= 4 is 48.9 Å². The Morgan fingerprint density at radius 2 is 0.877 bits per heavy atom. The Balaban J connectivity index is 1.17. The van der Waals surface area contributed by atoms with E-state index in [9.17, 15) is 10.5 Å². The van der Waals surface area contributed by atoms with Crippen molar-refractivity contribution in [3.8, 4) is 23.3 Å². The number of benzene rings is 9.